The maximum Gasteiger partial charge on any atom is 0.341 e. The monoisotopic (exact) mass is 268 g/mol. The van der Waals surface area contributed by atoms with E-state index < -0.39 is 12.6 Å². The molecule has 0 aliphatic rings. The molecule has 0 spiro atoms. The van der Waals surface area contributed by atoms with E-state index in [-0.39, 0.29) is 11.0 Å². The minimum atomic E-state index is -1.04. The number of hydrogen-bond acceptors (Lipinski definition) is 4. The Kier molecular flexibility index (Phi) is 5.06. The molecule has 0 bridgehead atoms. The van der Waals surface area contributed by atoms with Crippen molar-refractivity contribution in [3.05, 3.63) is 24.3 Å². The molecule has 18 heavy (non-hydrogen) atoms. The highest BCUT2D eigenvalue weighted by Crippen LogP contribution is 2.15. The summed E-state index contributed by atoms with van der Waals surface area (Å²) < 4.78 is 4.96. The van der Waals surface area contributed by atoms with E-state index in [1.165, 1.54) is 6.92 Å². The first kappa shape index (κ1) is 13.9. The lowest BCUT2D eigenvalue weighted by Crippen LogP contribution is -2.32. The molecule has 1 rings (SSSR count). The summed E-state index contributed by atoms with van der Waals surface area (Å²) >= 11 is 4.88. The summed E-state index contributed by atoms with van der Waals surface area (Å²) in [6.07, 6.45) is 0. The zero-order valence-electron chi connectivity index (χ0n) is 9.60. The van der Waals surface area contributed by atoms with E-state index in [4.69, 9.17) is 22.1 Å². The van der Waals surface area contributed by atoms with Crippen LogP contribution in [0.15, 0.2) is 24.3 Å². The van der Waals surface area contributed by atoms with Gasteiger partial charge in [0.2, 0.25) is 5.91 Å². The minimum absolute atomic E-state index is 0.196. The summed E-state index contributed by atoms with van der Waals surface area (Å²) in [7, 11) is 0. The molecule has 7 heteroatoms. The van der Waals surface area contributed by atoms with Crippen LogP contribution in [0, 0.1) is 0 Å². The van der Waals surface area contributed by atoms with E-state index in [0.717, 1.165) is 0 Å². The molecule has 3 N–H and O–H groups in total. The number of anilines is 1. The summed E-state index contributed by atoms with van der Waals surface area (Å²) in [5.41, 5.74) is 0.663. The van der Waals surface area contributed by atoms with Crippen molar-refractivity contribution in [2.45, 2.75) is 6.92 Å². The van der Waals surface area contributed by atoms with Crippen LogP contribution in [0.5, 0.6) is 5.75 Å². The standard InChI is InChI=1S/C11H12N2O4S/c1-7(14)12-11(18)13-8-2-4-9(5-3-8)17-6-10(15)16/h2-5H,6H2,1H3,(H,15,16)(H2,12,13,14,18). The predicted octanol–water partition coefficient (Wildman–Crippen LogP) is 0.983. The molecule has 6 nitrogen and oxygen atoms in total. The maximum atomic E-state index is 10.7. The van der Waals surface area contributed by atoms with E-state index >= 15 is 0 Å². The summed E-state index contributed by atoms with van der Waals surface area (Å²) in [6.45, 7) is 0.966. The van der Waals surface area contributed by atoms with Gasteiger partial charge in [0, 0.05) is 12.6 Å². The first-order valence-electron chi connectivity index (χ1n) is 5.00. The average molecular weight is 268 g/mol. The lowest BCUT2D eigenvalue weighted by atomic mass is 10.3. The molecule has 96 valence electrons. The summed E-state index contributed by atoms with van der Waals surface area (Å²) in [4.78, 5) is 21.0. The number of benzene rings is 1. The second-order valence-electron chi connectivity index (χ2n) is 3.34. The van der Waals surface area contributed by atoms with Gasteiger partial charge >= 0.3 is 5.97 Å². The van der Waals surface area contributed by atoms with Crippen molar-refractivity contribution in [3.8, 4) is 5.75 Å². The van der Waals surface area contributed by atoms with Gasteiger partial charge in [-0.25, -0.2) is 4.79 Å². The van der Waals surface area contributed by atoms with Crippen LogP contribution in [0.1, 0.15) is 6.92 Å². The Balaban J connectivity index is 2.52. The number of carbonyl (C=O) groups excluding carboxylic acids is 1. The molecule has 0 atom stereocenters. The molecule has 1 aromatic rings. The smallest absolute Gasteiger partial charge is 0.341 e. The van der Waals surface area contributed by atoms with Crippen molar-refractivity contribution in [1.82, 2.24) is 5.32 Å². The van der Waals surface area contributed by atoms with Crippen LogP contribution in [-0.2, 0) is 9.59 Å². The van der Waals surface area contributed by atoms with Gasteiger partial charge in [0.25, 0.3) is 0 Å². The molecule has 0 aliphatic carbocycles. The van der Waals surface area contributed by atoms with Crippen molar-refractivity contribution in [1.29, 1.82) is 0 Å². The number of carboxylic acids is 1. The number of aliphatic carboxylic acids is 1. The molecule has 0 radical (unpaired) electrons. The lowest BCUT2D eigenvalue weighted by molar-refractivity contribution is -0.139. The van der Waals surface area contributed by atoms with Crippen LogP contribution in [-0.4, -0.2) is 28.7 Å². The van der Waals surface area contributed by atoms with Crippen molar-refractivity contribution in [3.63, 3.8) is 0 Å². The number of carbonyl (C=O) groups is 2. The third-order valence-corrected chi connectivity index (χ3v) is 1.97. The summed E-state index contributed by atoms with van der Waals surface area (Å²) in [5.74, 6) is -0.855. The van der Waals surface area contributed by atoms with E-state index in [1.807, 2.05) is 0 Å². The number of carboxylic acid groups (broad SMARTS) is 1. The van der Waals surface area contributed by atoms with Crippen LogP contribution in [0.25, 0.3) is 0 Å². The Morgan fingerprint density at radius 1 is 1.33 bits per heavy atom. The van der Waals surface area contributed by atoms with Crippen LogP contribution in [0.2, 0.25) is 0 Å². The number of thiocarbonyl (C=S) groups is 1. The van der Waals surface area contributed by atoms with Crippen LogP contribution in [0.3, 0.4) is 0 Å². The zero-order chi connectivity index (χ0) is 13.5. The highest BCUT2D eigenvalue weighted by Gasteiger charge is 2.01. The molecule has 0 aliphatic heterocycles. The van der Waals surface area contributed by atoms with Gasteiger partial charge in [-0.15, -0.1) is 0 Å². The number of hydrogen-bond donors (Lipinski definition) is 3. The first-order valence-corrected chi connectivity index (χ1v) is 5.41. The highest BCUT2D eigenvalue weighted by molar-refractivity contribution is 7.80. The molecular formula is C11H12N2O4S. The Morgan fingerprint density at radius 3 is 2.44 bits per heavy atom. The van der Waals surface area contributed by atoms with Gasteiger partial charge in [0.1, 0.15) is 5.75 Å². The van der Waals surface area contributed by atoms with Gasteiger partial charge in [0.05, 0.1) is 0 Å². The largest absolute Gasteiger partial charge is 0.482 e. The van der Waals surface area contributed by atoms with E-state index in [0.29, 0.717) is 11.4 Å². The van der Waals surface area contributed by atoms with E-state index in [9.17, 15) is 9.59 Å². The van der Waals surface area contributed by atoms with Gasteiger partial charge in [-0.3, -0.25) is 4.79 Å². The van der Waals surface area contributed by atoms with E-state index in [1.54, 1.807) is 24.3 Å². The fraction of sp³-hybridized carbons (Fsp3) is 0.182. The van der Waals surface area contributed by atoms with Gasteiger partial charge in [0.15, 0.2) is 11.7 Å². The molecule has 0 aromatic heterocycles. The second-order valence-corrected chi connectivity index (χ2v) is 3.75. The molecule has 1 aromatic carbocycles. The fourth-order valence-corrected chi connectivity index (χ4v) is 1.36. The summed E-state index contributed by atoms with van der Waals surface area (Å²) in [5, 5.41) is 13.8. The van der Waals surface area contributed by atoms with Gasteiger partial charge < -0.3 is 20.5 Å². The molecular weight excluding hydrogens is 256 g/mol. The van der Waals surface area contributed by atoms with Crippen molar-refractivity contribution >= 4 is 34.9 Å². The van der Waals surface area contributed by atoms with Gasteiger partial charge in [-0.05, 0) is 36.5 Å². The Morgan fingerprint density at radius 2 is 1.94 bits per heavy atom. The number of nitrogens with one attached hydrogen (secondary N) is 2. The normalized spacial score (nSPS) is 9.39. The van der Waals surface area contributed by atoms with Crippen LogP contribution in [0.4, 0.5) is 5.69 Å². The van der Waals surface area contributed by atoms with Crippen molar-refractivity contribution in [2.75, 3.05) is 11.9 Å². The predicted molar refractivity (Wildman–Crippen MR) is 69.6 cm³/mol. The lowest BCUT2D eigenvalue weighted by Gasteiger charge is -2.08. The van der Waals surface area contributed by atoms with Gasteiger partial charge in [-0.1, -0.05) is 0 Å². The molecule has 1 amide bonds. The zero-order valence-corrected chi connectivity index (χ0v) is 10.4. The molecule has 0 unspecified atom stereocenters. The fourth-order valence-electron chi connectivity index (χ4n) is 1.10. The summed E-state index contributed by atoms with van der Waals surface area (Å²) in [6, 6.07) is 6.51. The van der Waals surface area contributed by atoms with Crippen LogP contribution >= 0.6 is 12.2 Å². The third kappa shape index (κ3) is 5.26. The quantitative estimate of drug-likeness (QED) is 0.706. The number of amides is 1. The Bertz CT molecular complexity index is 459. The van der Waals surface area contributed by atoms with Gasteiger partial charge in [-0.2, -0.15) is 0 Å². The number of rotatable bonds is 4. The Labute approximate surface area is 109 Å². The highest BCUT2D eigenvalue weighted by atomic mass is 32.1. The molecule has 0 saturated heterocycles. The molecule has 0 saturated carbocycles. The van der Waals surface area contributed by atoms with Crippen molar-refractivity contribution in [2.24, 2.45) is 0 Å². The number of ether oxygens (including phenoxy) is 1. The average Bonchev–Trinajstić information content (AvgIpc) is 2.26. The maximum absolute atomic E-state index is 10.7. The topological polar surface area (TPSA) is 87.7 Å². The molecule has 0 fully saturated rings. The molecule has 0 heterocycles. The SMILES string of the molecule is CC(=O)NC(=S)Nc1ccc(OCC(=O)O)cc1. The minimum Gasteiger partial charge on any atom is -0.482 e. The van der Waals surface area contributed by atoms with Crippen molar-refractivity contribution < 1.29 is 19.4 Å². The third-order valence-electron chi connectivity index (χ3n) is 1.76. The second kappa shape index (κ2) is 6.55. The van der Waals surface area contributed by atoms with Crippen LogP contribution < -0.4 is 15.4 Å². The Hall–Kier alpha value is -2.15. The van der Waals surface area contributed by atoms with E-state index in [2.05, 4.69) is 10.6 Å². The first-order chi connectivity index (χ1) is 8.47.